The summed E-state index contributed by atoms with van der Waals surface area (Å²) in [6, 6.07) is 7.65. The van der Waals surface area contributed by atoms with Gasteiger partial charge in [0, 0.05) is 5.69 Å². The second-order valence-electron chi connectivity index (χ2n) is 6.09. The van der Waals surface area contributed by atoms with Gasteiger partial charge in [-0.25, -0.2) is 0 Å². The average Bonchev–Trinajstić information content (AvgIpc) is 3.12. The van der Waals surface area contributed by atoms with Gasteiger partial charge in [0.05, 0.1) is 6.26 Å². The van der Waals surface area contributed by atoms with Gasteiger partial charge in [-0.3, -0.25) is 9.59 Å². The Hall–Kier alpha value is -2.97. The van der Waals surface area contributed by atoms with E-state index in [1.165, 1.54) is 36.6 Å². The van der Waals surface area contributed by atoms with Crippen LogP contribution in [-0.2, 0) is 4.79 Å². The largest absolute Gasteiger partial charge is 0.484 e. The molecule has 2 rings (SSSR count). The number of carbonyl (C=O) groups excluding carboxylic acids is 2. The highest BCUT2D eigenvalue weighted by Crippen LogP contribution is 2.20. The summed E-state index contributed by atoms with van der Waals surface area (Å²) in [5.74, 6) is -1.09. The number of furan rings is 1. The molecular weight excluding hydrogens is 365 g/mol. The van der Waals surface area contributed by atoms with Crippen molar-refractivity contribution >= 4 is 17.5 Å². The minimum atomic E-state index is -4.43. The van der Waals surface area contributed by atoms with Gasteiger partial charge in [-0.15, -0.1) is 0 Å². The van der Waals surface area contributed by atoms with Crippen LogP contribution in [0, 0.1) is 5.92 Å². The minimum Gasteiger partial charge on any atom is -0.484 e. The Labute approximate surface area is 153 Å². The zero-order valence-corrected chi connectivity index (χ0v) is 14.7. The number of halogens is 3. The SMILES string of the molecule is CC(C)C(NC(=O)c1ccco1)C(=O)Nc1ccc(OCC(F)(F)F)cc1. The number of nitrogens with one attached hydrogen (secondary N) is 2. The van der Waals surface area contributed by atoms with Crippen LogP contribution in [0.15, 0.2) is 47.1 Å². The first-order valence-corrected chi connectivity index (χ1v) is 8.10. The zero-order chi connectivity index (χ0) is 20.0. The summed E-state index contributed by atoms with van der Waals surface area (Å²) >= 11 is 0. The Bertz CT molecular complexity index is 756. The number of amides is 2. The van der Waals surface area contributed by atoms with Crippen molar-refractivity contribution in [1.82, 2.24) is 5.32 Å². The van der Waals surface area contributed by atoms with Crippen molar-refractivity contribution < 1.29 is 31.9 Å². The number of benzene rings is 1. The molecule has 6 nitrogen and oxygen atoms in total. The third-order valence-corrected chi connectivity index (χ3v) is 3.51. The lowest BCUT2D eigenvalue weighted by molar-refractivity contribution is -0.153. The van der Waals surface area contributed by atoms with E-state index in [9.17, 15) is 22.8 Å². The maximum atomic E-state index is 12.5. The number of hydrogen-bond donors (Lipinski definition) is 2. The predicted molar refractivity (Wildman–Crippen MR) is 91.4 cm³/mol. The third-order valence-electron chi connectivity index (χ3n) is 3.51. The highest BCUT2D eigenvalue weighted by Gasteiger charge is 2.28. The maximum absolute atomic E-state index is 12.5. The van der Waals surface area contributed by atoms with Crippen LogP contribution >= 0.6 is 0 Å². The summed E-state index contributed by atoms with van der Waals surface area (Å²) in [5, 5.41) is 5.20. The van der Waals surface area contributed by atoms with Gasteiger partial charge in [0.1, 0.15) is 11.8 Å². The van der Waals surface area contributed by atoms with Crippen molar-refractivity contribution in [2.24, 2.45) is 5.92 Å². The molecule has 0 saturated carbocycles. The van der Waals surface area contributed by atoms with Crippen molar-refractivity contribution in [3.63, 3.8) is 0 Å². The number of alkyl halides is 3. The van der Waals surface area contributed by atoms with Crippen LogP contribution in [-0.4, -0.2) is 30.6 Å². The standard InChI is InChI=1S/C18H19F3N2O4/c1-11(2)15(23-16(24)14-4-3-9-26-14)17(25)22-12-5-7-13(8-6-12)27-10-18(19,20)21/h3-9,11,15H,10H2,1-2H3,(H,22,25)(H,23,24). The maximum Gasteiger partial charge on any atom is 0.422 e. The van der Waals surface area contributed by atoms with Crippen molar-refractivity contribution in [3.8, 4) is 5.75 Å². The zero-order valence-electron chi connectivity index (χ0n) is 14.7. The molecule has 2 amide bonds. The first-order valence-electron chi connectivity index (χ1n) is 8.10. The highest BCUT2D eigenvalue weighted by atomic mass is 19.4. The van der Waals surface area contributed by atoms with E-state index in [4.69, 9.17) is 4.42 Å². The summed E-state index contributed by atoms with van der Waals surface area (Å²) in [4.78, 5) is 24.5. The van der Waals surface area contributed by atoms with Gasteiger partial charge in [0.15, 0.2) is 12.4 Å². The lowest BCUT2D eigenvalue weighted by atomic mass is 10.0. The summed E-state index contributed by atoms with van der Waals surface area (Å²) in [7, 11) is 0. The van der Waals surface area contributed by atoms with Crippen molar-refractivity contribution in [1.29, 1.82) is 0 Å². The summed E-state index contributed by atoms with van der Waals surface area (Å²) in [6.07, 6.45) is -3.08. The van der Waals surface area contributed by atoms with E-state index in [0.29, 0.717) is 5.69 Å². The molecule has 0 radical (unpaired) electrons. The molecule has 1 atom stereocenters. The Morgan fingerprint density at radius 1 is 1.15 bits per heavy atom. The van der Waals surface area contributed by atoms with E-state index in [-0.39, 0.29) is 17.4 Å². The van der Waals surface area contributed by atoms with Gasteiger partial charge >= 0.3 is 6.18 Å². The molecule has 0 spiro atoms. The van der Waals surface area contributed by atoms with E-state index < -0.39 is 30.6 Å². The van der Waals surface area contributed by atoms with Gasteiger partial charge in [0.2, 0.25) is 5.91 Å². The van der Waals surface area contributed by atoms with Gasteiger partial charge < -0.3 is 19.8 Å². The highest BCUT2D eigenvalue weighted by molar-refractivity contribution is 6.00. The van der Waals surface area contributed by atoms with Gasteiger partial charge in [-0.1, -0.05) is 13.8 Å². The molecule has 1 heterocycles. The van der Waals surface area contributed by atoms with Crippen molar-refractivity contribution in [2.75, 3.05) is 11.9 Å². The monoisotopic (exact) mass is 384 g/mol. The van der Waals surface area contributed by atoms with Crippen molar-refractivity contribution in [2.45, 2.75) is 26.1 Å². The van der Waals surface area contributed by atoms with Crippen LogP contribution in [0.5, 0.6) is 5.75 Å². The number of carbonyl (C=O) groups is 2. The molecule has 9 heteroatoms. The van der Waals surface area contributed by atoms with E-state index in [0.717, 1.165) is 0 Å². The van der Waals surface area contributed by atoms with Crippen LogP contribution in [0.4, 0.5) is 18.9 Å². The summed E-state index contributed by atoms with van der Waals surface area (Å²) < 4.78 is 46.0. The molecule has 146 valence electrons. The van der Waals surface area contributed by atoms with Crippen LogP contribution in [0.2, 0.25) is 0 Å². The first kappa shape index (κ1) is 20.3. The Morgan fingerprint density at radius 2 is 1.81 bits per heavy atom. The van der Waals surface area contributed by atoms with Gasteiger partial charge in [-0.05, 0) is 42.3 Å². The molecule has 1 aromatic carbocycles. The van der Waals surface area contributed by atoms with E-state index in [2.05, 4.69) is 15.4 Å². The molecule has 1 aromatic heterocycles. The average molecular weight is 384 g/mol. The fraction of sp³-hybridized carbons (Fsp3) is 0.333. The molecule has 0 aliphatic rings. The molecule has 0 aliphatic carbocycles. The molecule has 0 bridgehead atoms. The smallest absolute Gasteiger partial charge is 0.422 e. The van der Waals surface area contributed by atoms with Gasteiger partial charge in [-0.2, -0.15) is 13.2 Å². The van der Waals surface area contributed by atoms with Crippen molar-refractivity contribution in [3.05, 3.63) is 48.4 Å². The Kier molecular flexibility index (Phi) is 6.49. The molecule has 2 N–H and O–H groups in total. The molecule has 2 aromatic rings. The quantitative estimate of drug-likeness (QED) is 0.764. The molecule has 0 saturated heterocycles. The molecular formula is C18H19F3N2O4. The number of ether oxygens (including phenoxy) is 1. The van der Waals surface area contributed by atoms with Crippen LogP contribution in [0.25, 0.3) is 0 Å². The molecule has 0 fully saturated rings. The van der Waals surface area contributed by atoms with E-state index in [1.807, 2.05) is 0 Å². The summed E-state index contributed by atoms with van der Waals surface area (Å²) in [5.41, 5.74) is 0.359. The first-order chi connectivity index (χ1) is 12.7. The normalized spacial score (nSPS) is 12.5. The van der Waals surface area contributed by atoms with Crippen LogP contribution in [0.1, 0.15) is 24.4 Å². The number of anilines is 1. The second-order valence-corrected chi connectivity index (χ2v) is 6.09. The lowest BCUT2D eigenvalue weighted by Crippen LogP contribution is -2.47. The Morgan fingerprint density at radius 3 is 2.33 bits per heavy atom. The predicted octanol–water partition coefficient (Wildman–Crippen LogP) is 3.61. The fourth-order valence-corrected chi connectivity index (χ4v) is 2.17. The van der Waals surface area contributed by atoms with Crippen LogP contribution < -0.4 is 15.4 Å². The third kappa shape index (κ3) is 6.36. The minimum absolute atomic E-state index is 0.0249. The number of hydrogen-bond acceptors (Lipinski definition) is 4. The van der Waals surface area contributed by atoms with E-state index >= 15 is 0 Å². The van der Waals surface area contributed by atoms with Crippen LogP contribution in [0.3, 0.4) is 0 Å². The molecule has 27 heavy (non-hydrogen) atoms. The summed E-state index contributed by atoms with van der Waals surface area (Å²) in [6.45, 7) is 2.13. The van der Waals surface area contributed by atoms with Gasteiger partial charge in [0.25, 0.3) is 5.91 Å². The Balaban J connectivity index is 1.97. The molecule has 1 unspecified atom stereocenters. The topological polar surface area (TPSA) is 80.6 Å². The fourth-order valence-electron chi connectivity index (χ4n) is 2.17. The number of rotatable bonds is 7. The van der Waals surface area contributed by atoms with E-state index in [1.54, 1.807) is 19.9 Å². The lowest BCUT2D eigenvalue weighted by Gasteiger charge is -2.21. The second kappa shape index (κ2) is 8.61. The molecule has 0 aliphatic heterocycles.